The van der Waals surface area contributed by atoms with E-state index >= 15 is 0 Å². The molecule has 0 aromatic carbocycles. The van der Waals surface area contributed by atoms with Crippen LogP contribution in [0.25, 0.3) is 0 Å². The minimum atomic E-state index is 0.524. The van der Waals surface area contributed by atoms with Crippen molar-refractivity contribution in [1.82, 2.24) is 10.3 Å². The zero-order valence-electron chi connectivity index (χ0n) is 8.47. The Balaban J connectivity index is 2.26. The molecule has 1 aliphatic rings. The Morgan fingerprint density at radius 2 is 2.21 bits per heavy atom. The second-order valence-electron chi connectivity index (χ2n) is 3.91. The molecular formula is C11H16N2S. The number of hydrogen-bond donors (Lipinski definition) is 2. The van der Waals surface area contributed by atoms with Crippen LogP contribution in [0.2, 0.25) is 0 Å². The lowest BCUT2D eigenvalue weighted by Crippen LogP contribution is -2.27. The molecule has 1 aliphatic heterocycles. The smallest absolute Gasteiger partial charge is 0.103 e. The fourth-order valence-electron chi connectivity index (χ4n) is 2.08. The monoisotopic (exact) mass is 208 g/mol. The van der Waals surface area contributed by atoms with Crippen LogP contribution < -0.4 is 5.32 Å². The van der Waals surface area contributed by atoms with Crippen molar-refractivity contribution in [3.05, 3.63) is 28.0 Å². The fraction of sp³-hybridized carbons (Fsp3) is 0.545. The molecule has 1 atom stereocenters. The van der Waals surface area contributed by atoms with E-state index in [0.29, 0.717) is 6.04 Å². The van der Waals surface area contributed by atoms with Gasteiger partial charge < -0.3 is 10.3 Å². The van der Waals surface area contributed by atoms with Gasteiger partial charge in [-0.25, -0.2) is 0 Å². The maximum absolute atomic E-state index is 5.08. The topological polar surface area (TPSA) is 27.8 Å². The number of aromatic amines is 1. The summed E-state index contributed by atoms with van der Waals surface area (Å²) in [4.78, 5) is 3.21. The molecule has 0 saturated carbocycles. The van der Waals surface area contributed by atoms with Gasteiger partial charge in [0.1, 0.15) is 4.64 Å². The molecule has 76 valence electrons. The largest absolute Gasteiger partial charge is 0.350 e. The summed E-state index contributed by atoms with van der Waals surface area (Å²) in [6, 6.07) is 4.65. The lowest BCUT2D eigenvalue weighted by Gasteiger charge is -2.24. The third-order valence-corrected chi connectivity index (χ3v) is 3.08. The molecule has 1 saturated heterocycles. The normalized spacial score (nSPS) is 22.2. The number of aromatic nitrogens is 1. The zero-order chi connectivity index (χ0) is 9.97. The van der Waals surface area contributed by atoms with Crippen molar-refractivity contribution in [3.8, 4) is 0 Å². The number of nitrogens with one attached hydrogen (secondary N) is 2. The highest BCUT2D eigenvalue weighted by atomic mass is 32.1. The van der Waals surface area contributed by atoms with E-state index < -0.39 is 0 Å². The van der Waals surface area contributed by atoms with E-state index in [1.165, 1.54) is 30.5 Å². The van der Waals surface area contributed by atoms with Crippen molar-refractivity contribution in [2.75, 3.05) is 6.54 Å². The molecule has 1 fully saturated rings. The highest BCUT2D eigenvalue weighted by molar-refractivity contribution is 7.71. The van der Waals surface area contributed by atoms with Crippen LogP contribution in [0.1, 0.15) is 36.6 Å². The fourth-order valence-corrected chi connectivity index (χ4v) is 2.31. The minimum absolute atomic E-state index is 0.524. The van der Waals surface area contributed by atoms with E-state index in [4.69, 9.17) is 12.2 Å². The number of hydrogen-bond acceptors (Lipinski definition) is 2. The zero-order valence-corrected chi connectivity index (χ0v) is 9.29. The first-order valence-electron chi connectivity index (χ1n) is 5.20. The van der Waals surface area contributed by atoms with E-state index in [1.54, 1.807) is 0 Å². The number of pyridine rings is 1. The molecule has 0 bridgehead atoms. The van der Waals surface area contributed by atoms with Crippen LogP contribution in [0.3, 0.4) is 0 Å². The van der Waals surface area contributed by atoms with Crippen molar-refractivity contribution in [2.24, 2.45) is 0 Å². The van der Waals surface area contributed by atoms with Crippen LogP contribution in [0, 0.1) is 11.6 Å². The number of piperidine rings is 1. The van der Waals surface area contributed by atoms with Crippen molar-refractivity contribution >= 4 is 12.2 Å². The molecule has 0 spiro atoms. The van der Waals surface area contributed by atoms with E-state index in [2.05, 4.69) is 23.3 Å². The van der Waals surface area contributed by atoms with Gasteiger partial charge in [0.15, 0.2) is 0 Å². The Morgan fingerprint density at radius 3 is 2.86 bits per heavy atom. The van der Waals surface area contributed by atoms with Gasteiger partial charge in [-0.2, -0.15) is 0 Å². The van der Waals surface area contributed by atoms with Gasteiger partial charge in [0.05, 0.1) is 0 Å². The van der Waals surface area contributed by atoms with Gasteiger partial charge >= 0.3 is 0 Å². The number of H-pyrrole nitrogens is 1. The molecule has 1 aromatic heterocycles. The van der Waals surface area contributed by atoms with Crippen molar-refractivity contribution in [3.63, 3.8) is 0 Å². The summed E-state index contributed by atoms with van der Waals surface area (Å²) >= 11 is 5.08. The Labute approximate surface area is 89.7 Å². The lowest BCUT2D eigenvalue weighted by molar-refractivity contribution is 0.410. The average Bonchev–Trinajstić information content (AvgIpc) is 2.19. The Morgan fingerprint density at radius 1 is 1.36 bits per heavy atom. The maximum Gasteiger partial charge on any atom is 0.103 e. The standard InChI is InChI=1S/C11H16N2S/c1-8-9(5-6-11(14)13-8)10-4-2-3-7-12-10/h5-6,10,12H,2-4,7H2,1H3,(H,13,14)/t10-/m0/s1. The van der Waals surface area contributed by atoms with Gasteiger partial charge in [0.2, 0.25) is 0 Å². The van der Waals surface area contributed by atoms with Crippen molar-refractivity contribution in [1.29, 1.82) is 0 Å². The molecular weight excluding hydrogens is 192 g/mol. The molecule has 0 amide bonds. The summed E-state index contributed by atoms with van der Waals surface area (Å²) in [7, 11) is 0. The van der Waals surface area contributed by atoms with E-state index in [0.717, 1.165) is 11.2 Å². The molecule has 2 nitrogen and oxygen atoms in total. The van der Waals surface area contributed by atoms with Crippen molar-refractivity contribution in [2.45, 2.75) is 32.2 Å². The van der Waals surface area contributed by atoms with E-state index in [9.17, 15) is 0 Å². The molecule has 2 N–H and O–H groups in total. The molecule has 2 rings (SSSR count). The van der Waals surface area contributed by atoms with Crippen LogP contribution >= 0.6 is 12.2 Å². The Kier molecular flexibility index (Phi) is 2.99. The summed E-state index contributed by atoms with van der Waals surface area (Å²) in [6.45, 7) is 3.24. The predicted molar refractivity (Wildman–Crippen MR) is 61.0 cm³/mol. The summed E-state index contributed by atoms with van der Waals surface area (Å²) in [5.41, 5.74) is 2.58. The number of rotatable bonds is 1. The lowest BCUT2D eigenvalue weighted by atomic mass is 9.97. The van der Waals surface area contributed by atoms with Crippen molar-refractivity contribution < 1.29 is 0 Å². The van der Waals surface area contributed by atoms with Crippen LogP contribution in [0.15, 0.2) is 12.1 Å². The molecule has 14 heavy (non-hydrogen) atoms. The quantitative estimate of drug-likeness (QED) is 0.695. The average molecular weight is 208 g/mol. The van der Waals surface area contributed by atoms with Gasteiger partial charge in [0.25, 0.3) is 0 Å². The molecule has 1 aromatic rings. The summed E-state index contributed by atoms with van der Waals surface area (Å²) < 4.78 is 0.821. The molecule has 3 heteroatoms. The van der Waals surface area contributed by atoms with Gasteiger partial charge in [-0.05, 0) is 37.9 Å². The van der Waals surface area contributed by atoms with E-state index in [1.807, 2.05) is 6.07 Å². The van der Waals surface area contributed by atoms with Gasteiger partial charge in [-0.3, -0.25) is 0 Å². The second-order valence-corrected chi connectivity index (χ2v) is 4.35. The van der Waals surface area contributed by atoms with Crippen LogP contribution in [-0.2, 0) is 0 Å². The van der Waals surface area contributed by atoms with Crippen LogP contribution in [-0.4, -0.2) is 11.5 Å². The summed E-state index contributed by atoms with van der Waals surface area (Å²) in [5, 5.41) is 3.54. The van der Waals surface area contributed by atoms with Crippen LogP contribution in [0.4, 0.5) is 0 Å². The molecule has 2 heterocycles. The second kappa shape index (κ2) is 4.24. The summed E-state index contributed by atoms with van der Waals surface area (Å²) in [6.07, 6.45) is 3.87. The van der Waals surface area contributed by atoms with Gasteiger partial charge in [-0.1, -0.05) is 24.7 Å². The SMILES string of the molecule is Cc1[nH]c(=S)ccc1[C@@H]1CCCCN1. The third-order valence-electron chi connectivity index (χ3n) is 2.84. The first-order chi connectivity index (χ1) is 6.77. The molecule has 0 aliphatic carbocycles. The Bertz CT molecular complexity index is 364. The predicted octanol–water partition coefficient (Wildman–Crippen LogP) is 2.87. The van der Waals surface area contributed by atoms with Crippen LogP contribution in [0.5, 0.6) is 0 Å². The first-order valence-corrected chi connectivity index (χ1v) is 5.61. The third kappa shape index (κ3) is 2.04. The minimum Gasteiger partial charge on any atom is -0.350 e. The molecule has 0 radical (unpaired) electrons. The first kappa shape index (κ1) is 9.87. The van der Waals surface area contributed by atoms with E-state index in [-0.39, 0.29) is 0 Å². The van der Waals surface area contributed by atoms with Gasteiger partial charge in [0, 0.05) is 11.7 Å². The Hall–Kier alpha value is -0.670. The molecule has 0 unspecified atom stereocenters. The number of aryl methyl sites for hydroxylation is 1. The highest BCUT2D eigenvalue weighted by Gasteiger charge is 2.15. The highest BCUT2D eigenvalue weighted by Crippen LogP contribution is 2.24. The summed E-state index contributed by atoms with van der Waals surface area (Å²) in [5.74, 6) is 0. The maximum atomic E-state index is 5.08. The van der Waals surface area contributed by atoms with Gasteiger partial charge in [-0.15, -0.1) is 0 Å².